The molecule has 5 nitrogen and oxygen atoms in total. The van der Waals surface area contributed by atoms with Gasteiger partial charge in [0.15, 0.2) is 5.69 Å². The van der Waals surface area contributed by atoms with Gasteiger partial charge >= 0.3 is 0 Å². The van der Waals surface area contributed by atoms with E-state index < -0.39 is 0 Å². The van der Waals surface area contributed by atoms with E-state index in [0.717, 1.165) is 16.8 Å². The Morgan fingerprint density at radius 1 is 1.00 bits per heavy atom. The van der Waals surface area contributed by atoms with E-state index in [9.17, 15) is 9.18 Å². The summed E-state index contributed by atoms with van der Waals surface area (Å²) in [5.74, 6) is -0.138. The van der Waals surface area contributed by atoms with E-state index in [-0.39, 0.29) is 24.0 Å². The minimum absolute atomic E-state index is 0.211. The fraction of sp³-hybridized carbons (Fsp3) is 0.150. The summed E-state index contributed by atoms with van der Waals surface area (Å²) in [5.41, 5.74) is 3.60. The molecule has 0 aliphatic carbocycles. The third-order valence-electron chi connectivity index (χ3n) is 4.17. The Balaban J connectivity index is 1.64. The van der Waals surface area contributed by atoms with Crippen LogP contribution >= 0.6 is 0 Å². The molecule has 2 aromatic carbocycles. The molecule has 0 saturated carbocycles. The van der Waals surface area contributed by atoms with Crippen molar-refractivity contribution >= 4 is 17.4 Å². The molecule has 1 amide bonds. The molecule has 0 radical (unpaired) electrons. The zero-order chi connectivity index (χ0) is 18.5. The number of aryl methyl sites for hydroxylation is 1. The number of nitrogens with zero attached hydrogens (tertiary/aromatic N) is 2. The van der Waals surface area contributed by atoms with Crippen molar-refractivity contribution in [3.63, 3.8) is 0 Å². The van der Waals surface area contributed by atoms with Gasteiger partial charge in [-0.1, -0.05) is 30.3 Å². The molecule has 3 rings (SSSR count). The molecule has 1 heterocycles. The van der Waals surface area contributed by atoms with Gasteiger partial charge in [0, 0.05) is 17.8 Å². The van der Waals surface area contributed by atoms with Crippen LogP contribution in [-0.2, 0) is 6.54 Å². The number of benzene rings is 2. The molecule has 26 heavy (non-hydrogen) atoms. The minimum atomic E-state index is -0.327. The van der Waals surface area contributed by atoms with E-state index >= 15 is 0 Å². The highest BCUT2D eigenvalue weighted by molar-refractivity contribution is 6.03. The lowest BCUT2D eigenvalue weighted by molar-refractivity contribution is 0.102. The number of hydrogen-bond donors (Lipinski definition) is 2. The molecule has 0 spiro atoms. The van der Waals surface area contributed by atoms with Crippen LogP contribution in [0.25, 0.3) is 0 Å². The van der Waals surface area contributed by atoms with E-state index in [2.05, 4.69) is 20.8 Å². The fourth-order valence-corrected chi connectivity index (χ4v) is 2.45. The van der Waals surface area contributed by atoms with Gasteiger partial charge in [0.05, 0.1) is 0 Å². The molecule has 0 aliphatic heterocycles. The lowest BCUT2D eigenvalue weighted by atomic mass is 10.1. The molecular formula is C20H19FN4O. The Bertz CT molecular complexity index is 925. The number of halogens is 1. The number of hydrogen-bond acceptors (Lipinski definition) is 4. The molecule has 1 aromatic heterocycles. The predicted octanol–water partition coefficient (Wildman–Crippen LogP) is 4.10. The monoisotopic (exact) mass is 350 g/mol. The second-order valence-electron chi connectivity index (χ2n) is 5.95. The van der Waals surface area contributed by atoms with Crippen LogP contribution in [0.1, 0.15) is 27.2 Å². The Morgan fingerprint density at radius 2 is 1.81 bits per heavy atom. The molecule has 2 N–H and O–H groups in total. The third kappa shape index (κ3) is 4.03. The molecule has 0 atom stereocenters. The van der Waals surface area contributed by atoms with Crippen LogP contribution in [0.2, 0.25) is 0 Å². The summed E-state index contributed by atoms with van der Waals surface area (Å²) in [4.78, 5) is 12.3. The fourth-order valence-electron chi connectivity index (χ4n) is 2.45. The van der Waals surface area contributed by atoms with Crippen LogP contribution in [-0.4, -0.2) is 16.1 Å². The zero-order valence-electron chi connectivity index (χ0n) is 14.6. The van der Waals surface area contributed by atoms with E-state index in [1.54, 1.807) is 30.3 Å². The number of carbonyl (C=O) groups excluding carboxylic acids is 1. The Morgan fingerprint density at radius 3 is 2.54 bits per heavy atom. The van der Waals surface area contributed by atoms with Gasteiger partial charge in [-0.25, -0.2) is 4.39 Å². The molecular weight excluding hydrogens is 331 g/mol. The van der Waals surface area contributed by atoms with Gasteiger partial charge in [-0.15, -0.1) is 10.2 Å². The van der Waals surface area contributed by atoms with Crippen molar-refractivity contribution in [2.75, 3.05) is 10.6 Å². The molecule has 3 aromatic rings. The topological polar surface area (TPSA) is 66.9 Å². The first kappa shape index (κ1) is 17.5. The molecule has 0 unspecified atom stereocenters. The Hall–Kier alpha value is -3.28. The summed E-state index contributed by atoms with van der Waals surface area (Å²) in [7, 11) is 0. The standard InChI is InChI=1S/C20H19FN4O/c1-13-6-5-9-17(14(13)2)23-20(26)18-10-11-19(25-24-18)22-12-15-7-3-4-8-16(15)21/h3-11H,12H2,1-2H3,(H,22,25)(H,23,26). The average Bonchev–Trinajstić information content (AvgIpc) is 2.65. The smallest absolute Gasteiger partial charge is 0.276 e. The van der Waals surface area contributed by atoms with E-state index in [1.165, 1.54) is 6.07 Å². The highest BCUT2D eigenvalue weighted by Crippen LogP contribution is 2.18. The number of amides is 1. The summed E-state index contributed by atoms with van der Waals surface area (Å²) in [6.45, 7) is 4.22. The van der Waals surface area contributed by atoms with Crippen molar-refractivity contribution in [1.29, 1.82) is 0 Å². The number of nitrogens with one attached hydrogen (secondary N) is 2. The maximum atomic E-state index is 13.6. The van der Waals surface area contributed by atoms with E-state index in [0.29, 0.717) is 11.4 Å². The summed E-state index contributed by atoms with van der Waals surface area (Å²) in [5, 5.41) is 13.8. The number of aromatic nitrogens is 2. The predicted molar refractivity (Wildman–Crippen MR) is 99.6 cm³/mol. The first-order valence-corrected chi connectivity index (χ1v) is 8.23. The van der Waals surface area contributed by atoms with Crippen LogP contribution in [0.5, 0.6) is 0 Å². The first-order valence-electron chi connectivity index (χ1n) is 8.23. The van der Waals surface area contributed by atoms with Gasteiger partial charge in [-0.3, -0.25) is 4.79 Å². The SMILES string of the molecule is Cc1cccc(NC(=O)c2ccc(NCc3ccccc3F)nn2)c1C. The zero-order valence-corrected chi connectivity index (χ0v) is 14.6. The van der Waals surface area contributed by atoms with Crippen molar-refractivity contribution < 1.29 is 9.18 Å². The van der Waals surface area contributed by atoms with Crippen molar-refractivity contribution in [1.82, 2.24) is 10.2 Å². The minimum Gasteiger partial charge on any atom is -0.364 e. The maximum Gasteiger partial charge on any atom is 0.276 e. The van der Waals surface area contributed by atoms with Crippen molar-refractivity contribution in [3.05, 3.63) is 82.8 Å². The van der Waals surface area contributed by atoms with Crippen LogP contribution in [0, 0.1) is 19.7 Å². The van der Waals surface area contributed by atoms with Gasteiger partial charge in [-0.05, 0) is 49.2 Å². The second kappa shape index (κ2) is 7.74. The summed E-state index contributed by atoms with van der Waals surface area (Å²) in [6.07, 6.45) is 0. The first-order chi connectivity index (χ1) is 12.5. The van der Waals surface area contributed by atoms with Gasteiger partial charge in [0.1, 0.15) is 11.6 Å². The number of rotatable bonds is 5. The Labute approximate surface area is 151 Å². The van der Waals surface area contributed by atoms with Gasteiger partial charge in [0.2, 0.25) is 0 Å². The summed E-state index contributed by atoms with van der Waals surface area (Å²) < 4.78 is 13.6. The molecule has 132 valence electrons. The Kier molecular flexibility index (Phi) is 5.22. The van der Waals surface area contributed by atoms with E-state index in [4.69, 9.17) is 0 Å². The quantitative estimate of drug-likeness (QED) is 0.727. The largest absolute Gasteiger partial charge is 0.364 e. The normalized spacial score (nSPS) is 10.4. The lowest BCUT2D eigenvalue weighted by Crippen LogP contribution is -2.15. The van der Waals surface area contributed by atoms with Crippen LogP contribution in [0.15, 0.2) is 54.6 Å². The van der Waals surface area contributed by atoms with Crippen molar-refractivity contribution in [2.24, 2.45) is 0 Å². The van der Waals surface area contributed by atoms with Crippen molar-refractivity contribution in [2.45, 2.75) is 20.4 Å². The molecule has 0 fully saturated rings. The number of carbonyl (C=O) groups is 1. The van der Waals surface area contributed by atoms with Gasteiger partial charge in [-0.2, -0.15) is 0 Å². The molecule has 0 bridgehead atoms. The third-order valence-corrected chi connectivity index (χ3v) is 4.17. The van der Waals surface area contributed by atoms with Crippen molar-refractivity contribution in [3.8, 4) is 0 Å². The van der Waals surface area contributed by atoms with Gasteiger partial charge in [0.25, 0.3) is 5.91 Å². The summed E-state index contributed by atoms with van der Waals surface area (Å²) in [6, 6.07) is 15.5. The molecule has 6 heteroatoms. The highest BCUT2D eigenvalue weighted by atomic mass is 19.1. The average molecular weight is 350 g/mol. The van der Waals surface area contributed by atoms with E-state index in [1.807, 2.05) is 32.0 Å². The van der Waals surface area contributed by atoms with Gasteiger partial charge < -0.3 is 10.6 Å². The maximum absolute atomic E-state index is 13.6. The second-order valence-corrected chi connectivity index (χ2v) is 5.95. The highest BCUT2D eigenvalue weighted by Gasteiger charge is 2.11. The lowest BCUT2D eigenvalue weighted by Gasteiger charge is -2.10. The molecule has 0 aliphatic rings. The van der Waals surface area contributed by atoms with Crippen LogP contribution in [0.4, 0.5) is 15.9 Å². The van der Waals surface area contributed by atoms with Crippen LogP contribution in [0.3, 0.4) is 0 Å². The summed E-state index contributed by atoms with van der Waals surface area (Å²) >= 11 is 0. The van der Waals surface area contributed by atoms with Crippen LogP contribution < -0.4 is 10.6 Å². The number of anilines is 2. The molecule has 0 saturated heterocycles.